The number of carbonyl (C=O) groups is 1. The minimum absolute atomic E-state index is 0.0442. The smallest absolute Gasteiger partial charge is 0.228 e. The molecule has 2 unspecified atom stereocenters. The SMILES string of the molecule is CC(O)c1cccc(N2CC(Cl)CC2=O)c1. The molecule has 2 rings (SSSR count). The van der Waals surface area contributed by atoms with Crippen molar-refractivity contribution in [1.29, 1.82) is 0 Å². The monoisotopic (exact) mass is 239 g/mol. The van der Waals surface area contributed by atoms with Gasteiger partial charge in [0.15, 0.2) is 0 Å². The van der Waals surface area contributed by atoms with E-state index in [1.165, 1.54) is 0 Å². The second-order valence-corrected chi connectivity index (χ2v) is 4.69. The second-order valence-electron chi connectivity index (χ2n) is 4.08. The van der Waals surface area contributed by atoms with Gasteiger partial charge in [-0.05, 0) is 24.6 Å². The minimum Gasteiger partial charge on any atom is -0.389 e. The molecule has 1 N–H and O–H groups in total. The van der Waals surface area contributed by atoms with Crippen molar-refractivity contribution in [2.24, 2.45) is 0 Å². The summed E-state index contributed by atoms with van der Waals surface area (Å²) in [6.45, 7) is 2.25. The number of amides is 1. The number of carbonyl (C=O) groups excluding carboxylic acids is 1. The zero-order valence-corrected chi connectivity index (χ0v) is 9.81. The molecule has 2 atom stereocenters. The Balaban J connectivity index is 2.27. The van der Waals surface area contributed by atoms with Gasteiger partial charge in [0.2, 0.25) is 5.91 Å². The molecule has 1 saturated heterocycles. The third-order valence-corrected chi connectivity index (χ3v) is 3.03. The molecule has 1 aromatic carbocycles. The summed E-state index contributed by atoms with van der Waals surface area (Å²) in [6, 6.07) is 7.37. The van der Waals surface area contributed by atoms with Crippen LogP contribution in [0.1, 0.15) is 25.0 Å². The Bertz CT molecular complexity index is 406. The van der Waals surface area contributed by atoms with E-state index >= 15 is 0 Å². The van der Waals surface area contributed by atoms with Gasteiger partial charge in [-0.25, -0.2) is 0 Å². The molecule has 86 valence electrons. The molecular weight excluding hydrogens is 226 g/mol. The fourth-order valence-corrected chi connectivity index (χ4v) is 2.14. The topological polar surface area (TPSA) is 40.5 Å². The number of rotatable bonds is 2. The van der Waals surface area contributed by atoms with Crippen LogP contribution in [-0.4, -0.2) is 22.9 Å². The maximum absolute atomic E-state index is 11.6. The third kappa shape index (κ3) is 2.20. The van der Waals surface area contributed by atoms with E-state index in [0.717, 1.165) is 11.3 Å². The number of alkyl halides is 1. The summed E-state index contributed by atoms with van der Waals surface area (Å²) in [5.74, 6) is 0.0442. The van der Waals surface area contributed by atoms with Crippen LogP contribution in [0.15, 0.2) is 24.3 Å². The van der Waals surface area contributed by atoms with E-state index in [-0.39, 0.29) is 11.3 Å². The molecule has 1 amide bonds. The minimum atomic E-state index is -0.524. The average molecular weight is 240 g/mol. The van der Waals surface area contributed by atoms with Gasteiger partial charge in [0.05, 0.1) is 11.5 Å². The Morgan fingerprint density at radius 3 is 2.88 bits per heavy atom. The van der Waals surface area contributed by atoms with Gasteiger partial charge in [-0.2, -0.15) is 0 Å². The van der Waals surface area contributed by atoms with Crippen LogP contribution in [0.5, 0.6) is 0 Å². The molecule has 0 radical (unpaired) electrons. The van der Waals surface area contributed by atoms with Crippen LogP contribution in [-0.2, 0) is 4.79 Å². The lowest BCUT2D eigenvalue weighted by Crippen LogP contribution is -2.24. The normalized spacial score (nSPS) is 22.6. The van der Waals surface area contributed by atoms with E-state index in [1.807, 2.05) is 24.3 Å². The first-order chi connectivity index (χ1) is 7.58. The Kier molecular flexibility index (Phi) is 3.17. The lowest BCUT2D eigenvalue weighted by atomic mass is 10.1. The highest BCUT2D eigenvalue weighted by atomic mass is 35.5. The first kappa shape index (κ1) is 11.4. The number of anilines is 1. The Hall–Kier alpha value is -1.06. The van der Waals surface area contributed by atoms with Crippen LogP contribution >= 0.6 is 11.6 Å². The molecule has 4 heteroatoms. The molecular formula is C12H14ClNO2. The maximum atomic E-state index is 11.6. The Labute approximate surface area is 99.6 Å². The molecule has 1 aliphatic heterocycles. The second kappa shape index (κ2) is 4.44. The largest absolute Gasteiger partial charge is 0.389 e. The summed E-state index contributed by atoms with van der Waals surface area (Å²) < 4.78 is 0. The van der Waals surface area contributed by atoms with E-state index in [9.17, 15) is 9.90 Å². The average Bonchev–Trinajstić information content (AvgIpc) is 2.58. The third-order valence-electron chi connectivity index (χ3n) is 2.74. The predicted octanol–water partition coefficient (Wildman–Crippen LogP) is 2.08. The molecule has 0 aromatic heterocycles. The summed E-state index contributed by atoms with van der Waals surface area (Å²) in [4.78, 5) is 13.3. The molecule has 16 heavy (non-hydrogen) atoms. The van der Waals surface area contributed by atoms with Crippen molar-refractivity contribution < 1.29 is 9.90 Å². The summed E-state index contributed by atoms with van der Waals surface area (Å²) in [7, 11) is 0. The molecule has 0 spiro atoms. The van der Waals surface area contributed by atoms with Crippen molar-refractivity contribution in [2.45, 2.75) is 24.8 Å². The van der Waals surface area contributed by atoms with Gasteiger partial charge in [-0.3, -0.25) is 4.79 Å². The highest BCUT2D eigenvalue weighted by molar-refractivity contribution is 6.24. The van der Waals surface area contributed by atoms with Crippen LogP contribution in [0.3, 0.4) is 0 Å². The van der Waals surface area contributed by atoms with Gasteiger partial charge >= 0.3 is 0 Å². The van der Waals surface area contributed by atoms with Crippen molar-refractivity contribution in [3.63, 3.8) is 0 Å². The number of aliphatic hydroxyl groups excluding tert-OH is 1. The van der Waals surface area contributed by atoms with Crippen LogP contribution in [0.2, 0.25) is 0 Å². The van der Waals surface area contributed by atoms with E-state index < -0.39 is 6.10 Å². The fourth-order valence-electron chi connectivity index (χ4n) is 1.87. The van der Waals surface area contributed by atoms with Crippen LogP contribution in [0.25, 0.3) is 0 Å². The van der Waals surface area contributed by atoms with Gasteiger partial charge in [0.1, 0.15) is 0 Å². The van der Waals surface area contributed by atoms with Crippen LogP contribution in [0.4, 0.5) is 5.69 Å². The first-order valence-electron chi connectivity index (χ1n) is 5.30. The van der Waals surface area contributed by atoms with Crippen molar-refractivity contribution in [2.75, 3.05) is 11.4 Å². The molecule has 0 bridgehead atoms. The quantitative estimate of drug-likeness (QED) is 0.803. The van der Waals surface area contributed by atoms with E-state index in [4.69, 9.17) is 11.6 Å². The highest BCUT2D eigenvalue weighted by Gasteiger charge is 2.29. The standard InChI is InChI=1S/C12H14ClNO2/c1-8(15)9-3-2-4-11(5-9)14-7-10(13)6-12(14)16/h2-5,8,10,15H,6-7H2,1H3. The van der Waals surface area contributed by atoms with E-state index in [1.54, 1.807) is 11.8 Å². The molecule has 1 fully saturated rings. The predicted molar refractivity (Wildman–Crippen MR) is 63.7 cm³/mol. The Morgan fingerprint density at radius 2 is 2.31 bits per heavy atom. The number of benzene rings is 1. The van der Waals surface area contributed by atoms with Crippen molar-refractivity contribution >= 4 is 23.2 Å². The zero-order chi connectivity index (χ0) is 11.7. The van der Waals surface area contributed by atoms with Gasteiger partial charge in [0.25, 0.3) is 0 Å². The summed E-state index contributed by atoms with van der Waals surface area (Å²) in [6.07, 6.45) is -0.134. The zero-order valence-electron chi connectivity index (χ0n) is 9.06. The molecule has 0 saturated carbocycles. The van der Waals surface area contributed by atoms with Crippen molar-refractivity contribution in [1.82, 2.24) is 0 Å². The number of hydrogen-bond acceptors (Lipinski definition) is 2. The first-order valence-corrected chi connectivity index (χ1v) is 5.74. The molecule has 0 aliphatic carbocycles. The number of hydrogen-bond donors (Lipinski definition) is 1. The summed E-state index contributed by atoms with van der Waals surface area (Å²) in [5.41, 5.74) is 1.62. The lowest BCUT2D eigenvalue weighted by molar-refractivity contribution is -0.117. The molecule has 1 aliphatic rings. The van der Waals surface area contributed by atoms with Crippen LogP contribution in [0, 0.1) is 0 Å². The van der Waals surface area contributed by atoms with Crippen LogP contribution < -0.4 is 4.90 Å². The van der Waals surface area contributed by atoms with Gasteiger partial charge in [0, 0.05) is 18.7 Å². The van der Waals surface area contributed by atoms with Crippen molar-refractivity contribution in [3.05, 3.63) is 29.8 Å². The Morgan fingerprint density at radius 1 is 1.56 bits per heavy atom. The number of halogens is 1. The van der Waals surface area contributed by atoms with E-state index in [0.29, 0.717) is 13.0 Å². The van der Waals surface area contributed by atoms with Gasteiger partial charge in [-0.1, -0.05) is 12.1 Å². The summed E-state index contributed by atoms with van der Waals surface area (Å²) in [5, 5.41) is 9.37. The lowest BCUT2D eigenvalue weighted by Gasteiger charge is -2.17. The van der Waals surface area contributed by atoms with Gasteiger partial charge in [-0.15, -0.1) is 11.6 Å². The highest BCUT2D eigenvalue weighted by Crippen LogP contribution is 2.26. The fraction of sp³-hybridized carbons (Fsp3) is 0.417. The molecule has 1 aromatic rings. The number of nitrogens with zero attached hydrogens (tertiary/aromatic N) is 1. The van der Waals surface area contributed by atoms with Gasteiger partial charge < -0.3 is 10.0 Å². The van der Waals surface area contributed by atoms with E-state index in [2.05, 4.69) is 0 Å². The molecule has 1 heterocycles. The van der Waals surface area contributed by atoms with Crippen molar-refractivity contribution in [3.8, 4) is 0 Å². The maximum Gasteiger partial charge on any atom is 0.228 e. The number of aliphatic hydroxyl groups is 1. The summed E-state index contributed by atoms with van der Waals surface area (Å²) >= 11 is 5.94. The molecule has 3 nitrogen and oxygen atoms in total.